The second-order valence-electron chi connectivity index (χ2n) is 15.9. The third-order valence-electron chi connectivity index (χ3n) is 8.31. The van der Waals surface area contributed by atoms with Gasteiger partial charge >= 0.3 is 0 Å². The number of thiophene rings is 2. The summed E-state index contributed by atoms with van der Waals surface area (Å²) in [5.41, 5.74) is 4.25. The zero-order valence-corrected chi connectivity index (χ0v) is 28.9. The monoisotopic (exact) mass is 596 g/mol. The number of allylic oxidation sites excluding steroid dienone is 8. The van der Waals surface area contributed by atoms with E-state index in [4.69, 9.17) is 0 Å². The lowest BCUT2D eigenvalue weighted by molar-refractivity contribution is -0.114. The lowest BCUT2D eigenvalue weighted by Gasteiger charge is -2.32. The Labute approximate surface area is 258 Å². The molecule has 2 aromatic heterocycles. The normalized spacial score (nSPS) is 17.6. The van der Waals surface area contributed by atoms with Crippen LogP contribution in [0.15, 0.2) is 69.5 Å². The quantitative estimate of drug-likeness (QED) is 0.259. The maximum Gasteiger partial charge on any atom is 0.186 e. The molecule has 2 nitrogen and oxygen atoms in total. The fraction of sp³-hybridized carbons (Fsp3) is 0.421. The highest BCUT2D eigenvalue weighted by Gasteiger charge is 2.36. The number of hydrogen-bond donors (Lipinski definition) is 0. The Morgan fingerprint density at radius 1 is 0.452 bits per heavy atom. The van der Waals surface area contributed by atoms with Gasteiger partial charge in [-0.15, -0.1) is 22.7 Å². The molecule has 0 saturated heterocycles. The van der Waals surface area contributed by atoms with Crippen molar-refractivity contribution < 1.29 is 9.59 Å². The molecular formula is C38H44O2S2. The van der Waals surface area contributed by atoms with Crippen LogP contribution >= 0.6 is 22.7 Å². The smallest absolute Gasteiger partial charge is 0.186 e. The highest BCUT2D eigenvalue weighted by atomic mass is 32.1. The second kappa shape index (κ2) is 9.86. The van der Waals surface area contributed by atoms with E-state index in [1.54, 1.807) is 22.7 Å². The summed E-state index contributed by atoms with van der Waals surface area (Å²) in [6, 6.07) is 4.46. The Kier molecular flexibility index (Phi) is 7.19. The standard InChI is InChI=1S/C38H44O2S2/c1-35(2,3)25-17-21(18-26(31(25)39)36(4,5)6)29-23-13-15-41-33(23)34-24(14-16-42-34)30(29)22-19-27(37(7,8)9)32(40)28(20-22)38(10,11)12/h13-20H,1-12H3. The van der Waals surface area contributed by atoms with Gasteiger partial charge in [0.25, 0.3) is 0 Å². The Morgan fingerprint density at radius 3 is 0.952 bits per heavy atom. The van der Waals surface area contributed by atoms with Crippen LogP contribution in [0.4, 0.5) is 0 Å². The van der Waals surface area contributed by atoms with Crippen LogP contribution in [0.2, 0.25) is 0 Å². The van der Waals surface area contributed by atoms with Crippen LogP contribution in [0.3, 0.4) is 0 Å². The van der Waals surface area contributed by atoms with Crippen LogP contribution in [0.1, 0.15) is 83.1 Å². The second-order valence-corrected chi connectivity index (χ2v) is 17.7. The van der Waals surface area contributed by atoms with Crippen molar-refractivity contribution in [3.8, 4) is 0 Å². The minimum Gasteiger partial charge on any atom is -0.289 e. The molecule has 42 heavy (non-hydrogen) atoms. The minimum absolute atomic E-state index is 0.138. The largest absolute Gasteiger partial charge is 0.289 e. The van der Waals surface area contributed by atoms with Crippen LogP contribution in [0, 0.1) is 21.7 Å². The van der Waals surface area contributed by atoms with Gasteiger partial charge in [0.15, 0.2) is 11.6 Å². The Hall–Kier alpha value is -2.82. The molecule has 0 saturated carbocycles. The van der Waals surface area contributed by atoms with Gasteiger partial charge in [0.05, 0.1) is 9.40 Å². The number of carbonyl (C=O) groups is 2. The van der Waals surface area contributed by atoms with Crippen molar-refractivity contribution in [3.63, 3.8) is 0 Å². The summed E-state index contributed by atoms with van der Waals surface area (Å²) in [5.74, 6) is 0.276. The van der Waals surface area contributed by atoms with E-state index in [0.29, 0.717) is 0 Å². The molecule has 0 bridgehead atoms. The fourth-order valence-corrected chi connectivity index (χ4v) is 8.00. The third kappa shape index (κ3) is 5.15. The first kappa shape index (κ1) is 30.6. The first-order valence-corrected chi connectivity index (χ1v) is 16.6. The van der Waals surface area contributed by atoms with E-state index in [0.717, 1.165) is 43.9 Å². The van der Waals surface area contributed by atoms with Crippen molar-refractivity contribution in [2.75, 3.05) is 0 Å². The molecule has 2 heterocycles. The van der Waals surface area contributed by atoms with Gasteiger partial charge in [-0.3, -0.25) is 9.59 Å². The van der Waals surface area contributed by atoms with Gasteiger partial charge in [0.2, 0.25) is 0 Å². The molecule has 2 aliphatic carbocycles. The Morgan fingerprint density at radius 2 is 0.714 bits per heavy atom. The number of Topliss-reactive ketones (excluding diaryl/α,β-unsaturated/α-hetero) is 2. The van der Waals surface area contributed by atoms with Gasteiger partial charge in [-0.2, -0.15) is 0 Å². The molecule has 220 valence electrons. The highest BCUT2D eigenvalue weighted by molar-refractivity contribution is 7.25. The molecule has 2 aliphatic rings. The molecule has 3 aromatic rings. The molecule has 0 unspecified atom stereocenters. The Bertz CT molecular complexity index is 1700. The van der Waals surface area contributed by atoms with E-state index >= 15 is 0 Å². The molecule has 4 heteroatoms. The number of carbonyl (C=O) groups excluding carboxylic acids is 2. The van der Waals surface area contributed by atoms with E-state index in [2.05, 4.69) is 130 Å². The van der Waals surface area contributed by atoms with Crippen LogP contribution in [0.25, 0.3) is 31.3 Å². The summed E-state index contributed by atoms with van der Waals surface area (Å²) in [6.45, 7) is 25.5. The molecular weight excluding hydrogens is 553 g/mol. The van der Waals surface area contributed by atoms with Crippen molar-refractivity contribution in [1.82, 2.24) is 0 Å². The number of rotatable bonds is 0. The van der Waals surface area contributed by atoms with E-state index in [9.17, 15) is 9.59 Å². The van der Waals surface area contributed by atoms with Crippen molar-refractivity contribution in [2.45, 2.75) is 83.1 Å². The van der Waals surface area contributed by atoms with Crippen molar-refractivity contribution in [2.24, 2.45) is 21.7 Å². The molecule has 0 N–H and O–H groups in total. The summed E-state index contributed by atoms with van der Waals surface area (Å²) in [5, 5.41) is 9.04. The molecule has 5 rings (SSSR count). The zero-order valence-electron chi connectivity index (χ0n) is 27.3. The molecule has 1 aromatic carbocycles. The fourth-order valence-electron chi connectivity index (χ4n) is 6.01. The van der Waals surface area contributed by atoms with Crippen molar-refractivity contribution >= 4 is 65.6 Å². The number of hydrogen-bond acceptors (Lipinski definition) is 4. The molecule has 0 radical (unpaired) electrons. The van der Waals surface area contributed by atoms with Gasteiger partial charge in [-0.25, -0.2) is 0 Å². The van der Waals surface area contributed by atoms with Gasteiger partial charge < -0.3 is 0 Å². The van der Waals surface area contributed by atoms with Gasteiger partial charge in [0.1, 0.15) is 0 Å². The molecule has 0 fully saturated rings. The number of fused-ring (bicyclic) bond motifs is 3. The van der Waals surface area contributed by atoms with Crippen LogP contribution in [-0.4, -0.2) is 11.6 Å². The molecule has 0 amide bonds. The number of benzene rings is 1. The first-order valence-electron chi connectivity index (χ1n) is 14.8. The van der Waals surface area contributed by atoms with Crippen LogP contribution < -0.4 is 10.4 Å². The summed E-state index contributed by atoms with van der Waals surface area (Å²) in [4.78, 5) is 27.8. The van der Waals surface area contributed by atoms with E-state index in [1.807, 2.05) is 0 Å². The van der Waals surface area contributed by atoms with Gasteiger partial charge in [-0.05, 0) is 90.4 Å². The maximum absolute atomic E-state index is 13.9. The third-order valence-corrected chi connectivity index (χ3v) is 10.3. The first-order chi connectivity index (χ1) is 19.2. The zero-order chi connectivity index (χ0) is 31.2. The van der Waals surface area contributed by atoms with Crippen molar-refractivity contribution in [1.29, 1.82) is 0 Å². The lowest BCUT2D eigenvalue weighted by Crippen LogP contribution is -2.35. The van der Waals surface area contributed by atoms with Crippen LogP contribution in [-0.2, 0) is 9.59 Å². The average Bonchev–Trinajstić information content (AvgIpc) is 3.50. The van der Waals surface area contributed by atoms with Gasteiger partial charge in [-0.1, -0.05) is 83.1 Å². The predicted molar refractivity (Wildman–Crippen MR) is 183 cm³/mol. The molecule has 0 atom stereocenters. The predicted octanol–water partition coefficient (Wildman–Crippen LogP) is 9.47. The van der Waals surface area contributed by atoms with E-state index in [-0.39, 0.29) is 33.2 Å². The summed E-state index contributed by atoms with van der Waals surface area (Å²) >= 11 is 3.55. The highest BCUT2D eigenvalue weighted by Crippen LogP contribution is 2.41. The number of ketones is 2. The van der Waals surface area contributed by atoms with E-state index in [1.165, 1.54) is 20.2 Å². The van der Waals surface area contributed by atoms with Crippen LogP contribution in [0.5, 0.6) is 0 Å². The lowest BCUT2D eigenvalue weighted by atomic mass is 9.71. The summed E-state index contributed by atoms with van der Waals surface area (Å²) in [6.07, 6.45) is 8.57. The molecule has 0 spiro atoms. The minimum atomic E-state index is -0.309. The topological polar surface area (TPSA) is 34.1 Å². The van der Waals surface area contributed by atoms with Gasteiger partial charge in [0, 0.05) is 33.1 Å². The Balaban J connectivity index is 2.15. The summed E-state index contributed by atoms with van der Waals surface area (Å²) < 4.78 is 2.54. The maximum atomic E-state index is 13.9. The average molecular weight is 597 g/mol. The SMILES string of the molecule is CC(C)(C)C1=CC(=c2c(=C3C=C(C(C)(C)C)C(=O)C(C(C)(C)C)=C3)c3ccsc3c3sccc23)C=C(C(C)(C)C)C1=O. The van der Waals surface area contributed by atoms with E-state index < -0.39 is 0 Å². The summed E-state index contributed by atoms with van der Waals surface area (Å²) in [7, 11) is 0. The molecule has 0 aliphatic heterocycles. The van der Waals surface area contributed by atoms with Crippen molar-refractivity contribution in [3.05, 3.63) is 79.9 Å².